The number of methoxy groups -OCH3 is 1. The fraction of sp³-hybridized carbons (Fsp3) is 0.333. The van der Waals surface area contributed by atoms with E-state index in [1.807, 2.05) is 53.7 Å². The predicted molar refractivity (Wildman–Crippen MR) is 228 cm³/mol. The van der Waals surface area contributed by atoms with Gasteiger partial charge in [-0.25, -0.2) is 9.97 Å². The van der Waals surface area contributed by atoms with Gasteiger partial charge in [-0.15, -0.1) is 0 Å². The molecule has 3 aliphatic rings. The molecule has 0 saturated carbocycles. The molecule has 2 N–H and O–H groups in total. The lowest BCUT2D eigenvalue weighted by Gasteiger charge is -2.37. The van der Waals surface area contributed by atoms with Crippen LogP contribution in [0.3, 0.4) is 0 Å². The number of rotatable bonds is 12. The number of carbonyl (C=O) groups is 2. The van der Waals surface area contributed by atoms with Crippen LogP contribution in [0.5, 0.6) is 11.5 Å². The molecule has 0 unspecified atom stereocenters. The topological polar surface area (TPSA) is 120 Å². The van der Waals surface area contributed by atoms with Crippen LogP contribution in [-0.4, -0.2) is 86.3 Å². The molecule has 0 spiro atoms. The van der Waals surface area contributed by atoms with Gasteiger partial charge in [-0.3, -0.25) is 14.5 Å². The second-order valence-electron chi connectivity index (χ2n) is 15.8. The van der Waals surface area contributed by atoms with E-state index in [4.69, 9.17) is 19.4 Å². The largest absolute Gasteiger partial charge is 0.493 e. The minimum atomic E-state index is -0.262. The average molecular weight is 790 g/mol. The van der Waals surface area contributed by atoms with E-state index in [0.717, 1.165) is 109 Å². The van der Waals surface area contributed by atoms with Gasteiger partial charge in [-0.2, -0.15) is 0 Å². The number of nitrogens with one attached hydrogen (secondary N) is 2. The van der Waals surface area contributed by atoms with Crippen molar-refractivity contribution in [2.24, 2.45) is 0 Å². The fourth-order valence-electron chi connectivity index (χ4n) is 9.09. The molecule has 9 rings (SSSR count). The van der Waals surface area contributed by atoms with E-state index in [1.165, 1.54) is 6.42 Å². The summed E-state index contributed by atoms with van der Waals surface area (Å²) in [4.78, 5) is 50.5. The Labute approximate surface area is 345 Å². The van der Waals surface area contributed by atoms with Gasteiger partial charge < -0.3 is 29.2 Å². The van der Waals surface area contributed by atoms with Gasteiger partial charge in [0.15, 0.2) is 18.1 Å². The normalized spacial score (nSPS) is 18.9. The van der Waals surface area contributed by atoms with Gasteiger partial charge in [-0.05, 0) is 91.6 Å². The smallest absolute Gasteiger partial charge is 0.261 e. The highest BCUT2D eigenvalue weighted by atomic mass is 16.5. The maximum Gasteiger partial charge on any atom is 0.261 e. The summed E-state index contributed by atoms with van der Waals surface area (Å²) in [6.45, 7) is 3.25. The monoisotopic (exact) mass is 789 g/mol. The summed E-state index contributed by atoms with van der Waals surface area (Å²) in [5.74, 6) is 2.89. The lowest BCUT2D eigenvalue weighted by molar-refractivity contribution is -0.139. The first-order valence-electron chi connectivity index (χ1n) is 21.0. The molecule has 2 aromatic heterocycles. The molecule has 3 saturated heterocycles. The summed E-state index contributed by atoms with van der Waals surface area (Å²) < 4.78 is 11.2. The van der Waals surface area contributed by atoms with Crippen LogP contribution in [0.25, 0.3) is 33.6 Å². The summed E-state index contributed by atoms with van der Waals surface area (Å²) in [5, 5.41) is 0. The van der Waals surface area contributed by atoms with Gasteiger partial charge in [0.2, 0.25) is 5.91 Å². The molecule has 2 amide bonds. The highest BCUT2D eigenvalue weighted by Gasteiger charge is 2.39. The molecule has 0 aliphatic carbocycles. The predicted octanol–water partition coefficient (Wildman–Crippen LogP) is 8.78. The number of para-hydroxylation sites is 2. The number of piperidine rings is 1. The number of amides is 2. The summed E-state index contributed by atoms with van der Waals surface area (Å²) in [6.07, 6.45) is 10.8. The van der Waals surface area contributed by atoms with Crippen molar-refractivity contribution in [3.63, 3.8) is 0 Å². The van der Waals surface area contributed by atoms with Crippen molar-refractivity contribution in [1.82, 2.24) is 34.6 Å². The summed E-state index contributed by atoms with van der Waals surface area (Å²) in [5.41, 5.74) is 7.21. The molecule has 4 aromatic carbocycles. The Morgan fingerprint density at radius 2 is 1.15 bits per heavy atom. The van der Waals surface area contributed by atoms with E-state index < -0.39 is 0 Å². The van der Waals surface area contributed by atoms with Crippen LogP contribution < -0.4 is 9.47 Å². The second kappa shape index (κ2) is 17.3. The first-order chi connectivity index (χ1) is 29.0. The third-order valence-corrected chi connectivity index (χ3v) is 12.2. The summed E-state index contributed by atoms with van der Waals surface area (Å²) in [7, 11) is 1.59. The molecule has 0 bridgehead atoms. The first kappa shape index (κ1) is 38.3. The SMILES string of the molecule is COc1ccccc1OCC(=O)N1CCC[C@H]1c1ncc(-c2ccc(-c3ccc(-c4cnc([C@@H]5CCCN5C(=O)[C@@H](c5ccccc5)N5CCCCC5)[nH]4)cc3)cc2)[nH]1. The zero-order valence-electron chi connectivity index (χ0n) is 33.6. The van der Waals surface area contributed by atoms with Crippen LogP contribution in [0.15, 0.2) is 116 Å². The second-order valence-corrected chi connectivity index (χ2v) is 15.8. The van der Waals surface area contributed by atoms with E-state index in [1.54, 1.807) is 13.2 Å². The number of aromatic nitrogens is 4. The van der Waals surface area contributed by atoms with Crippen molar-refractivity contribution >= 4 is 11.8 Å². The molecule has 0 radical (unpaired) electrons. The minimum absolute atomic E-state index is 0.0633. The number of aromatic amines is 2. The Hall–Kier alpha value is -6.20. The Kier molecular flexibility index (Phi) is 11.3. The number of imidazole rings is 2. The van der Waals surface area contributed by atoms with Crippen LogP contribution in [-0.2, 0) is 9.59 Å². The molecule has 302 valence electrons. The highest BCUT2D eigenvalue weighted by Crippen LogP contribution is 2.37. The van der Waals surface area contributed by atoms with Crippen molar-refractivity contribution in [3.8, 4) is 45.1 Å². The van der Waals surface area contributed by atoms with Crippen molar-refractivity contribution < 1.29 is 19.1 Å². The first-order valence-corrected chi connectivity index (χ1v) is 21.0. The molecular weight excluding hydrogens is 739 g/mol. The number of ether oxygens (including phenoxy) is 2. The zero-order chi connectivity index (χ0) is 40.1. The fourth-order valence-corrected chi connectivity index (χ4v) is 9.09. The average Bonchev–Trinajstić information content (AvgIpc) is 4.14. The van der Waals surface area contributed by atoms with Gasteiger partial charge in [0.1, 0.15) is 17.7 Å². The van der Waals surface area contributed by atoms with E-state index in [9.17, 15) is 9.59 Å². The molecule has 3 aliphatic heterocycles. The highest BCUT2D eigenvalue weighted by molar-refractivity contribution is 5.84. The number of hydrogen-bond acceptors (Lipinski definition) is 7. The molecule has 3 atom stereocenters. The van der Waals surface area contributed by atoms with Crippen molar-refractivity contribution in [2.75, 3.05) is 39.9 Å². The number of likely N-dealkylation sites (tertiary alicyclic amines) is 3. The maximum atomic E-state index is 14.4. The lowest BCUT2D eigenvalue weighted by atomic mass is 10.00. The minimum Gasteiger partial charge on any atom is -0.493 e. The van der Waals surface area contributed by atoms with Crippen molar-refractivity contribution in [1.29, 1.82) is 0 Å². The van der Waals surface area contributed by atoms with Crippen LogP contribution in [0.2, 0.25) is 0 Å². The number of hydrogen-bond donors (Lipinski definition) is 2. The molecular formula is C48H51N7O4. The van der Waals surface area contributed by atoms with Crippen molar-refractivity contribution in [2.45, 2.75) is 63.1 Å². The Morgan fingerprint density at radius 3 is 1.75 bits per heavy atom. The van der Waals surface area contributed by atoms with Gasteiger partial charge in [-0.1, -0.05) is 97.4 Å². The van der Waals surface area contributed by atoms with Crippen molar-refractivity contribution in [3.05, 3.63) is 133 Å². The van der Waals surface area contributed by atoms with E-state index in [2.05, 4.69) is 80.4 Å². The molecule has 59 heavy (non-hydrogen) atoms. The van der Waals surface area contributed by atoms with E-state index in [0.29, 0.717) is 18.0 Å². The van der Waals surface area contributed by atoms with E-state index in [-0.39, 0.29) is 36.5 Å². The van der Waals surface area contributed by atoms with E-state index >= 15 is 0 Å². The van der Waals surface area contributed by atoms with Crippen LogP contribution in [0.1, 0.15) is 80.3 Å². The summed E-state index contributed by atoms with van der Waals surface area (Å²) >= 11 is 0. The quantitative estimate of drug-likeness (QED) is 0.127. The lowest BCUT2D eigenvalue weighted by Crippen LogP contribution is -2.44. The zero-order valence-corrected chi connectivity index (χ0v) is 33.6. The Balaban J connectivity index is 0.839. The van der Waals surface area contributed by atoms with Gasteiger partial charge in [0.25, 0.3) is 5.91 Å². The molecule has 3 fully saturated rings. The molecule has 6 aromatic rings. The summed E-state index contributed by atoms with van der Waals surface area (Å²) in [6, 6.07) is 34.1. The molecule has 5 heterocycles. The Morgan fingerprint density at radius 1 is 0.627 bits per heavy atom. The third-order valence-electron chi connectivity index (χ3n) is 12.2. The standard InChI is InChI=1S/C48H51N7O4/c1-58-42-16-6-7-17-43(42)59-32-44(56)54-28-10-14-40(54)46-49-30-38(51-46)35-22-18-33(19-23-35)34-20-24-36(25-21-34)39-31-50-47(52-39)41-15-11-29-55(41)48(57)45(37-12-4-2-5-13-37)53-26-8-3-9-27-53/h2,4-7,12-13,16-25,30-31,40-41,45H,3,8-11,14-15,26-29,32H2,1H3,(H,49,51)(H,50,52)/t40-,41-,45+/m0/s1. The maximum absolute atomic E-state index is 14.4. The van der Waals surface area contributed by atoms with Crippen LogP contribution in [0, 0.1) is 0 Å². The Bertz CT molecular complexity index is 2350. The number of nitrogens with zero attached hydrogens (tertiary/aromatic N) is 5. The van der Waals surface area contributed by atoms with Crippen LogP contribution >= 0.6 is 0 Å². The van der Waals surface area contributed by atoms with Crippen LogP contribution in [0.4, 0.5) is 0 Å². The number of carbonyl (C=O) groups excluding carboxylic acids is 2. The molecule has 11 nitrogen and oxygen atoms in total. The van der Waals surface area contributed by atoms with Gasteiger partial charge >= 0.3 is 0 Å². The third kappa shape index (κ3) is 8.12. The number of benzene rings is 4. The number of H-pyrrole nitrogens is 2. The van der Waals surface area contributed by atoms with Gasteiger partial charge in [0.05, 0.1) is 43.0 Å². The molecule has 11 heteroatoms. The van der Waals surface area contributed by atoms with Gasteiger partial charge in [0, 0.05) is 13.1 Å².